The minimum atomic E-state index is -4.40. The fourth-order valence-electron chi connectivity index (χ4n) is 0.959. The van der Waals surface area contributed by atoms with Crippen molar-refractivity contribution in [3.05, 3.63) is 46.6 Å². The summed E-state index contributed by atoms with van der Waals surface area (Å²) in [7, 11) is 0. The van der Waals surface area contributed by atoms with Crippen LogP contribution in [0.3, 0.4) is 0 Å². The molecule has 0 aliphatic rings. The summed E-state index contributed by atoms with van der Waals surface area (Å²) in [5, 5.41) is 17.2. The monoisotopic (exact) mass is 215 g/mol. The Morgan fingerprint density at radius 1 is 1.27 bits per heavy atom. The number of nitrogens with zero attached hydrogens (tertiary/aromatic N) is 2. The molecule has 0 unspecified atom stereocenters. The number of hydrogen-bond donors (Lipinski definition) is 1. The van der Waals surface area contributed by atoms with E-state index in [9.17, 15) is 13.2 Å². The highest BCUT2D eigenvalue weighted by Crippen LogP contribution is 2.29. The molecule has 0 amide bonds. The fourth-order valence-corrected chi connectivity index (χ4v) is 0.959. The van der Waals surface area contributed by atoms with Gasteiger partial charge in [-0.25, -0.2) is 0 Å². The Hall–Kier alpha value is -2.03. The zero-order valence-electron chi connectivity index (χ0n) is 7.36. The van der Waals surface area contributed by atoms with Crippen LogP contribution >= 0.6 is 0 Å². The Morgan fingerprint density at radius 3 is 2.20 bits per heavy atom. The van der Waals surface area contributed by atoms with Crippen molar-refractivity contribution in [1.82, 2.24) is 0 Å². The summed E-state index contributed by atoms with van der Waals surface area (Å²) in [6.07, 6.45) is -3.68. The summed E-state index contributed by atoms with van der Waals surface area (Å²) >= 11 is 0. The topological polar surface area (TPSA) is 48.4 Å². The average Bonchev–Trinajstić information content (AvgIpc) is 2.17. The number of hydrogen-bond acceptors (Lipinski definition) is 2. The zero-order valence-corrected chi connectivity index (χ0v) is 7.36. The molecule has 0 aliphatic carbocycles. The number of halogens is 3. The molecule has 15 heavy (non-hydrogen) atoms. The van der Waals surface area contributed by atoms with E-state index in [1.165, 1.54) is 0 Å². The quantitative estimate of drug-likeness (QED) is 0.576. The molecule has 0 saturated carbocycles. The van der Waals surface area contributed by atoms with Crippen LogP contribution in [0.5, 0.6) is 0 Å². The maximum Gasteiger partial charge on any atom is 0.416 e. The first-order valence-corrected chi connectivity index (χ1v) is 3.86. The summed E-state index contributed by atoms with van der Waals surface area (Å²) in [5.41, 5.74) is -0.666. The van der Waals surface area contributed by atoms with Gasteiger partial charge < -0.3 is 5.11 Å². The van der Waals surface area contributed by atoms with Crippen LogP contribution in [0.1, 0.15) is 11.1 Å². The van der Waals surface area contributed by atoms with Crippen LogP contribution in [-0.4, -0.2) is 5.11 Å². The van der Waals surface area contributed by atoms with Gasteiger partial charge in [0.25, 0.3) is 0 Å². The zero-order chi connectivity index (χ0) is 11.5. The molecule has 78 valence electrons. The van der Waals surface area contributed by atoms with E-state index in [0.29, 0.717) is 0 Å². The SMILES string of the molecule is N#[N+]/C=C(/O)c1ccc(C(F)(F)F)cc1. The molecule has 6 heteroatoms. The number of rotatable bonds is 1. The van der Waals surface area contributed by atoms with Crippen LogP contribution in [0.15, 0.2) is 30.5 Å². The molecule has 0 aliphatic heterocycles. The van der Waals surface area contributed by atoms with Crippen molar-refractivity contribution < 1.29 is 18.3 Å². The van der Waals surface area contributed by atoms with Gasteiger partial charge >= 0.3 is 12.4 Å². The maximum absolute atomic E-state index is 12.1. The summed E-state index contributed by atoms with van der Waals surface area (Å²) in [5.74, 6) is -0.411. The van der Waals surface area contributed by atoms with Crippen LogP contribution in [0.25, 0.3) is 10.7 Å². The molecular formula is C9H6F3N2O+. The van der Waals surface area contributed by atoms with Crippen LogP contribution in [-0.2, 0) is 6.18 Å². The molecule has 3 nitrogen and oxygen atoms in total. The van der Waals surface area contributed by atoms with E-state index in [2.05, 4.69) is 4.98 Å². The van der Waals surface area contributed by atoms with E-state index in [-0.39, 0.29) is 5.56 Å². The molecule has 1 aromatic rings. The van der Waals surface area contributed by atoms with Crippen molar-refractivity contribution in [2.75, 3.05) is 0 Å². The maximum atomic E-state index is 12.1. The van der Waals surface area contributed by atoms with Gasteiger partial charge in [-0.05, 0) is 12.1 Å². The van der Waals surface area contributed by atoms with Gasteiger partial charge in [0, 0.05) is 5.56 Å². The summed E-state index contributed by atoms with van der Waals surface area (Å²) in [6.45, 7) is 0. The minimum Gasteiger partial charge on any atom is -0.501 e. The highest BCUT2D eigenvalue weighted by atomic mass is 19.4. The lowest BCUT2D eigenvalue weighted by atomic mass is 10.1. The van der Waals surface area contributed by atoms with E-state index in [0.717, 1.165) is 30.5 Å². The number of diazo groups is 1. The summed E-state index contributed by atoms with van der Waals surface area (Å²) in [6, 6.07) is 3.83. The second-order valence-electron chi connectivity index (χ2n) is 2.70. The van der Waals surface area contributed by atoms with Crippen molar-refractivity contribution in [1.29, 1.82) is 5.39 Å². The third kappa shape index (κ3) is 2.71. The second kappa shape index (κ2) is 4.00. The van der Waals surface area contributed by atoms with E-state index in [4.69, 9.17) is 10.5 Å². The number of aliphatic hydroxyl groups is 1. The van der Waals surface area contributed by atoms with E-state index in [1.807, 2.05) is 0 Å². The first-order chi connectivity index (χ1) is 6.95. The van der Waals surface area contributed by atoms with Crippen LogP contribution < -0.4 is 0 Å². The molecule has 0 spiro atoms. The number of aliphatic hydroxyl groups excluding tert-OH is 1. The van der Waals surface area contributed by atoms with Gasteiger partial charge in [-0.15, -0.1) is 0 Å². The normalized spacial score (nSPS) is 12.3. The number of alkyl halides is 3. The molecule has 0 saturated heterocycles. The van der Waals surface area contributed by atoms with Gasteiger partial charge in [0.1, 0.15) is 0 Å². The van der Waals surface area contributed by atoms with Crippen molar-refractivity contribution in [3.63, 3.8) is 0 Å². The second-order valence-corrected chi connectivity index (χ2v) is 2.70. The van der Waals surface area contributed by atoms with Crippen LogP contribution in [0.2, 0.25) is 0 Å². The standard InChI is InChI=1S/C9H5F3N2O/c10-9(11,12)7-3-1-6(2-4-7)8(15)5-14-13/h1-5H/p+1/b8-5+. The predicted molar refractivity (Wildman–Crippen MR) is 47.1 cm³/mol. The molecule has 1 rings (SSSR count). The molecule has 0 fully saturated rings. The Balaban J connectivity index is 3.02. The van der Waals surface area contributed by atoms with Crippen molar-refractivity contribution >= 4 is 5.76 Å². The molecular weight excluding hydrogens is 209 g/mol. The smallest absolute Gasteiger partial charge is 0.416 e. The van der Waals surface area contributed by atoms with Gasteiger partial charge in [-0.2, -0.15) is 13.2 Å². The lowest BCUT2D eigenvalue weighted by Crippen LogP contribution is -2.04. The lowest BCUT2D eigenvalue weighted by Gasteiger charge is -2.06. The summed E-state index contributed by atoms with van der Waals surface area (Å²) < 4.78 is 36.4. The molecule has 0 aromatic heterocycles. The van der Waals surface area contributed by atoms with Gasteiger partial charge in [-0.1, -0.05) is 12.1 Å². The Kier molecular flexibility index (Phi) is 2.95. The Bertz CT molecular complexity index is 414. The van der Waals surface area contributed by atoms with Crippen molar-refractivity contribution in [2.24, 2.45) is 0 Å². The third-order valence-corrected chi connectivity index (χ3v) is 1.69. The van der Waals surface area contributed by atoms with E-state index >= 15 is 0 Å². The van der Waals surface area contributed by atoms with Gasteiger partial charge in [0.15, 0.2) is 4.98 Å². The van der Waals surface area contributed by atoms with E-state index < -0.39 is 17.5 Å². The first-order valence-electron chi connectivity index (χ1n) is 3.86. The number of benzene rings is 1. The van der Waals surface area contributed by atoms with Crippen molar-refractivity contribution in [3.8, 4) is 0 Å². The first kappa shape index (κ1) is 11.0. The highest BCUT2D eigenvalue weighted by Gasteiger charge is 2.30. The third-order valence-electron chi connectivity index (χ3n) is 1.69. The molecule has 0 radical (unpaired) electrons. The van der Waals surface area contributed by atoms with Gasteiger partial charge in [0.2, 0.25) is 11.2 Å². The van der Waals surface area contributed by atoms with Crippen LogP contribution in [0.4, 0.5) is 13.2 Å². The molecule has 1 aromatic carbocycles. The molecule has 0 atom stereocenters. The molecule has 0 bridgehead atoms. The largest absolute Gasteiger partial charge is 0.501 e. The van der Waals surface area contributed by atoms with Crippen molar-refractivity contribution in [2.45, 2.75) is 6.18 Å². The average molecular weight is 215 g/mol. The molecule has 1 N–H and O–H groups in total. The van der Waals surface area contributed by atoms with Crippen LogP contribution in [0, 0.1) is 5.39 Å². The fraction of sp³-hybridized carbons (Fsp3) is 0.111. The molecule has 0 heterocycles. The minimum absolute atomic E-state index is 0.140. The van der Waals surface area contributed by atoms with E-state index in [1.54, 1.807) is 0 Å². The Morgan fingerprint density at radius 2 is 1.80 bits per heavy atom. The van der Waals surface area contributed by atoms with Gasteiger partial charge in [-0.3, -0.25) is 0 Å². The summed E-state index contributed by atoms with van der Waals surface area (Å²) in [4.78, 5) is 2.55. The Labute approximate surface area is 83.1 Å². The van der Waals surface area contributed by atoms with Gasteiger partial charge in [0.05, 0.1) is 5.56 Å². The lowest BCUT2D eigenvalue weighted by molar-refractivity contribution is -0.137. The predicted octanol–water partition coefficient (Wildman–Crippen LogP) is 3.41. The highest BCUT2D eigenvalue weighted by molar-refractivity contribution is 5.59.